The van der Waals surface area contributed by atoms with E-state index in [4.69, 9.17) is 5.10 Å². The number of aromatic nitrogens is 6. The van der Waals surface area contributed by atoms with Crippen LogP contribution in [0, 0.1) is 26.7 Å². The number of hydrogen-bond acceptors (Lipinski definition) is 5. The SMILES string of the molecule is CNc1ccc(-c2nn(CC3CC3)c(Cc3cc(-n4nc(C)cc4C)ncn3)c2C)cc1. The van der Waals surface area contributed by atoms with Gasteiger partial charge in [-0.15, -0.1) is 0 Å². The molecule has 0 unspecified atom stereocenters. The Kier molecular flexibility index (Phi) is 5.25. The first-order chi connectivity index (χ1) is 15.5. The van der Waals surface area contributed by atoms with Gasteiger partial charge in [0.1, 0.15) is 6.33 Å². The van der Waals surface area contributed by atoms with Crippen molar-refractivity contribution >= 4 is 5.69 Å². The third-order valence-electron chi connectivity index (χ3n) is 6.18. The molecule has 7 nitrogen and oxygen atoms in total. The van der Waals surface area contributed by atoms with Crippen LogP contribution in [0.25, 0.3) is 17.1 Å². The number of rotatable bonds is 7. The quantitative estimate of drug-likeness (QED) is 0.470. The van der Waals surface area contributed by atoms with Crippen molar-refractivity contribution in [1.82, 2.24) is 29.5 Å². The fraction of sp³-hybridized carbons (Fsp3) is 0.360. The predicted octanol–water partition coefficient (Wildman–Crippen LogP) is 4.49. The second-order valence-corrected chi connectivity index (χ2v) is 8.76. The van der Waals surface area contributed by atoms with Crippen LogP contribution in [0.15, 0.2) is 42.7 Å². The van der Waals surface area contributed by atoms with E-state index in [2.05, 4.69) is 62.3 Å². The lowest BCUT2D eigenvalue weighted by Crippen LogP contribution is -2.10. The Morgan fingerprint density at radius 1 is 1.00 bits per heavy atom. The van der Waals surface area contributed by atoms with Crippen molar-refractivity contribution < 1.29 is 0 Å². The molecule has 0 radical (unpaired) electrons. The Morgan fingerprint density at radius 3 is 2.44 bits per heavy atom. The summed E-state index contributed by atoms with van der Waals surface area (Å²) in [5.41, 5.74) is 8.75. The summed E-state index contributed by atoms with van der Waals surface area (Å²) in [6.07, 6.45) is 4.94. The van der Waals surface area contributed by atoms with Gasteiger partial charge in [-0.3, -0.25) is 4.68 Å². The number of benzene rings is 1. The predicted molar refractivity (Wildman–Crippen MR) is 126 cm³/mol. The van der Waals surface area contributed by atoms with E-state index in [-0.39, 0.29) is 0 Å². The zero-order valence-corrected chi connectivity index (χ0v) is 19.1. The van der Waals surface area contributed by atoms with Crippen LogP contribution in [0.1, 0.15) is 41.2 Å². The van der Waals surface area contributed by atoms with Crippen LogP contribution < -0.4 is 5.32 Å². The number of hydrogen-bond donors (Lipinski definition) is 1. The van der Waals surface area contributed by atoms with Gasteiger partial charge in [0.15, 0.2) is 5.82 Å². The van der Waals surface area contributed by atoms with Crippen LogP contribution in [-0.2, 0) is 13.0 Å². The third kappa shape index (κ3) is 4.02. The Bertz CT molecular complexity index is 1250. The fourth-order valence-electron chi connectivity index (χ4n) is 4.21. The standard InChI is InChI=1S/C25H29N7/c1-16-11-17(2)32(29-16)24-13-22(27-15-28-24)12-23-18(3)25(30-31(23)14-19-5-6-19)20-7-9-21(26-4)10-8-20/h7-11,13,15,19,26H,5-6,12,14H2,1-4H3. The van der Waals surface area contributed by atoms with Gasteiger partial charge in [-0.05, 0) is 63.3 Å². The molecule has 1 fully saturated rings. The van der Waals surface area contributed by atoms with Gasteiger partial charge in [0, 0.05) is 48.7 Å². The summed E-state index contributed by atoms with van der Waals surface area (Å²) in [6, 6.07) is 12.6. The molecule has 0 bridgehead atoms. The molecular formula is C25H29N7. The number of nitrogens with zero attached hydrogens (tertiary/aromatic N) is 6. The highest BCUT2D eigenvalue weighted by Crippen LogP contribution is 2.33. The molecule has 32 heavy (non-hydrogen) atoms. The summed E-state index contributed by atoms with van der Waals surface area (Å²) < 4.78 is 4.09. The van der Waals surface area contributed by atoms with Crippen molar-refractivity contribution in [3.8, 4) is 17.1 Å². The monoisotopic (exact) mass is 427 g/mol. The third-order valence-corrected chi connectivity index (χ3v) is 6.18. The maximum absolute atomic E-state index is 5.05. The molecular weight excluding hydrogens is 398 g/mol. The van der Waals surface area contributed by atoms with E-state index in [0.29, 0.717) is 0 Å². The molecule has 4 aromatic rings. The Balaban J connectivity index is 1.50. The molecule has 1 saturated carbocycles. The summed E-state index contributed by atoms with van der Waals surface area (Å²) in [6.45, 7) is 7.19. The second-order valence-electron chi connectivity index (χ2n) is 8.76. The first-order valence-electron chi connectivity index (χ1n) is 11.2. The van der Waals surface area contributed by atoms with Crippen molar-refractivity contribution in [1.29, 1.82) is 0 Å². The molecule has 164 valence electrons. The summed E-state index contributed by atoms with van der Waals surface area (Å²) in [7, 11) is 1.94. The smallest absolute Gasteiger partial charge is 0.157 e. The number of nitrogens with one attached hydrogen (secondary N) is 1. The van der Waals surface area contributed by atoms with Gasteiger partial charge in [-0.1, -0.05) is 12.1 Å². The lowest BCUT2D eigenvalue weighted by molar-refractivity contribution is 0.544. The van der Waals surface area contributed by atoms with Crippen LogP contribution >= 0.6 is 0 Å². The van der Waals surface area contributed by atoms with E-state index in [1.807, 2.05) is 31.6 Å². The summed E-state index contributed by atoms with van der Waals surface area (Å²) in [5.74, 6) is 1.54. The molecule has 1 aliphatic carbocycles. The largest absolute Gasteiger partial charge is 0.388 e. The van der Waals surface area contributed by atoms with Crippen molar-refractivity contribution in [2.24, 2.45) is 5.92 Å². The van der Waals surface area contributed by atoms with Crippen LogP contribution in [-0.4, -0.2) is 36.6 Å². The molecule has 0 spiro atoms. The summed E-state index contributed by atoms with van der Waals surface area (Å²) in [4.78, 5) is 9.04. The average molecular weight is 428 g/mol. The highest BCUT2D eigenvalue weighted by atomic mass is 15.3. The highest BCUT2D eigenvalue weighted by molar-refractivity contribution is 5.66. The lowest BCUT2D eigenvalue weighted by Gasteiger charge is -2.09. The highest BCUT2D eigenvalue weighted by Gasteiger charge is 2.25. The molecule has 3 aromatic heterocycles. The summed E-state index contributed by atoms with van der Waals surface area (Å²) >= 11 is 0. The molecule has 0 aliphatic heterocycles. The van der Waals surface area contributed by atoms with Gasteiger partial charge in [0.05, 0.1) is 17.1 Å². The zero-order chi connectivity index (χ0) is 22.2. The van der Waals surface area contributed by atoms with Gasteiger partial charge in [-0.2, -0.15) is 10.2 Å². The molecule has 0 amide bonds. The molecule has 7 heteroatoms. The fourth-order valence-corrected chi connectivity index (χ4v) is 4.21. The van der Waals surface area contributed by atoms with Crippen molar-refractivity contribution in [2.45, 2.75) is 46.6 Å². The van der Waals surface area contributed by atoms with Crippen LogP contribution in [0.2, 0.25) is 0 Å². The Hall–Kier alpha value is -3.48. The van der Waals surface area contributed by atoms with Gasteiger partial charge < -0.3 is 5.32 Å². The molecule has 3 heterocycles. The maximum Gasteiger partial charge on any atom is 0.157 e. The molecule has 1 N–H and O–H groups in total. The minimum atomic E-state index is 0.717. The molecule has 5 rings (SSSR count). The maximum atomic E-state index is 5.05. The van der Waals surface area contributed by atoms with Crippen molar-refractivity contribution in [3.63, 3.8) is 0 Å². The zero-order valence-electron chi connectivity index (χ0n) is 19.1. The number of anilines is 1. The minimum absolute atomic E-state index is 0.717. The minimum Gasteiger partial charge on any atom is -0.388 e. The van der Waals surface area contributed by atoms with Gasteiger partial charge in [-0.25, -0.2) is 14.6 Å². The molecule has 0 atom stereocenters. The topological polar surface area (TPSA) is 73.5 Å². The second kappa shape index (κ2) is 8.22. The van der Waals surface area contributed by atoms with E-state index in [9.17, 15) is 0 Å². The molecule has 0 saturated heterocycles. The van der Waals surface area contributed by atoms with Crippen LogP contribution in [0.3, 0.4) is 0 Å². The van der Waals surface area contributed by atoms with E-state index in [1.165, 1.54) is 24.1 Å². The van der Waals surface area contributed by atoms with Gasteiger partial charge in [0.25, 0.3) is 0 Å². The van der Waals surface area contributed by atoms with Crippen molar-refractivity contribution in [3.05, 3.63) is 71.1 Å². The first-order valence-corrected chi connectivity index (χ1v) is 11.2. The van der Waals surface area contributed by atoms with Crippen molar-refractivity contribution in [2.75, 3.05) is 12.4 Å². The van der Waals surface area contributed by atoms with Crippen LogP contribution in [0.4, 0.5) is 5.69 Å². The van der Waals surface area contributed by atoms with E-state index in [1.54, 1.807) is 6.33 Å². The molecule has 1 aromatic carbocycles. The lowest BCUT2D eigenvalue weighted by atomic mass is 10.0. The Labute approximate surface area is 188 Å². The Morgan fingerprint density at radius 2 is 1.78 bits per heavy atom. The van der Waals surface area contributed by atoms with Gasteiger partial charge >= 0.3 is 0 Å². The molecule has 1 aliphatic rings. The average Bonchev–Trinajstić information content (AvgIpc) is 3.48. The van der Waals surface area contributed by atoms with E-state index < -0.39 is 0 Å². The van der Waals surface area contributed by atoms with E-state index >= 15 is 0 Å². The van der Waals surface area contributed by atoms with Gasteiger partial charge in [0.2, 0.25) is 0 Å². The van der Waals surface area contributed by atoms with E-state index in [0.717, 1.165) is 58.7 Å². The summed E-state index contributed by atoms with van der Waals surface area (Å²) in [5, 5.41) is 12.8. The first kappa shape index (κ1) is 20.4. The van der Waals surface area contributed by atoms with Crippen LogP contribution in [0.5, 0.6) is 0 Å². The normalized spacial score (nSPS) is 13.5. The number of aryl methyl sites for hydroxylation is 2.